The van der Waals surface area contributed by atoms with Crippen LogP contribution >= 0.6 is 0 Å². The fourth-order valence-electron chi connectivity index (χ4n) is 2.04. The third-order valence-corrected chi connectivity index (χ3v) is 3.22. The maximum Gasteiger partial charge on any atom is 0.271 e. The first kappa shape index (κ1) is 14.7. The Labute approximate surface area is 114 Å². The summed E-state index contributed by atoms with van der Waals surface area (Å²) in [7, 11) is 0. The van der Waals surface area contributed by atoms with Crippen molar-refractivity contribution in [3.8, 4) is 0 Å². The van der Waals surface area contributed by atoms with Crippen molar-refractivity contribution in [2.24, 2.45) is 0 Å². The molecule has 0 aromatic heterocycles. The van der Waals surface area contributed by atoms with Gasteiger partial charge in [0.2, 0.25) is 0 Å². The molecule has 0 radical (unpaired) electrons. The van der Waals surface area contributed by atoms with Crippen LogP contribution in [0.3, 0.4) is 0 Å². The molecule has 8 heteroatoms. The second kappa shape index (κ2) is 5.71. The highest BCUT2D eigenvalue weighted by molar-refractivity contribution is 5.51. The number of hydrogen-bond acceptors (Lipinski definition) is 7. The third-order valence-electron chi connectivity index (χ3n) is 3.22. The van der Waals surface area contributed by atoms with E-state index in [0.29, 0.717) is 5.69 Å². The number of anilines is 1. The number of nitrogens with zero attached hydrogens (tertiary/aromatic N) is 1. The number of nitro benzene ring substituents is 1. The zero-order valence-corrected chi connectivity index (χ0v) is 10.7. The first-order valence-corrected chi connectivity index (χ1v) is 6.11. The van der Waals surface area contributed by atoms with Gasteiger partial charge in [-0.1, -0.05) is 6.07 Å². The zero-order chi connectivity index (χ0) is 14.9. The van der Waals surface area contributed by atoms with Crippen molar-refractivity contribution in [2.45, 2.75) is 37.6 Å². The molecule has 20 heavy (non-hydrogen) atoms. The molecular weight excluding hydrogens is 268 g/mol. The van der Waals surface area contributed by atoms with Crippen molar-refractivity contribution in [1.29, 1.82) is 0 Å². The second-order valence-electron chi connectivity index (χ2n) is 4.69. The SMILES string of the molecule is CC1OC(Nc2cccc([N+](=O)[O-])c2)C(O)C(O)C1O. The summed E-state index contributed by atoms with van der Waals surface area (Å²) >= 11 is 0. The molecular formula is C12H16N2O6. The largest absolute Gasteiger partial charge is 0.388 e. The van der Waals surface area contributed by atoms with Gasteiger partial charge in [-0.05, 0) is 13.0 Å². The monoisotopic (exact) mass is 284 g/mol. The van der Waals surface area contributed by atoms with Gasteiger partial charge in [0.15, 0.2) is 6.23 Å². The van der Waals surface area contributed by atoms with Gasteiger partial charge in [-0.2, -0.15) is 0 Å². The Hall–Kier alpha value is -1.74. The summed E-state index contributed by atoms with van der Waals surface area (Å²) in [6, 6.07) is 5.69. The highest BCUT2D eigenvalue weighted by atomic mass is 16.6. The van der Waals surface area contributed by atoms with E-state index in [1.807, 2.05) is 0 Å². The predicted molar refractivity (Wildman–Crippen MR) is 69.1 cm³/mol. The van der Waals surface area contributed by atoms with E-state index in [1.165, 1.54) is 18.2 Å². The van der Waals surface area contributed by atoms with Crippen molar-refractivity contribution in [3.05, 3.63) is 34.4 Å². The van der Waals surface area contributed by atoms with Crippen LogP contribution in [0, 0.1) is 10.1 Å². The van der Waals surface area contributed by atoms with Crippen molar-refractivity contribution in [1.82, 2.24) is 0 Å². The summed E-state index contributed by atoms with van der Waals surface area (Å²) in [5.74, 6) is 0. The molecule has 0 amide bonds. The average molecular weight is 284 g/mol. The molecule has 0 aliphatic carbocycles. The third kappa shape index (κ3) is 2.88. The number of hydrogen-bond donors (Lipinski definition) is 4. The van der Waals surface area contributed by atoms with Crippen LogP contribution < -0.4 is 5.32 Å². The van der Waals surface area contributed by atoms with E-state index < -0.39 is 35.6 Å². The van der Waals surface area contributed by atoms with E-state index in [9.17, 15) is 25.4 Å². The number of ether oxygens (including phenoxy) is 1. The summed E-state index contributed by atoms with van der Waals surface area (Å²) in [6.45, 7) is 1.56. The van der Waals surface area contributed by atoms with Gasteiger partial charge < -0.3 is 25.4 Å². The molecule has 5 atom stereocenters. The molecule has 0 saturated carbocycles. The number of benzene rings is 1. The molecule has 4 N–H and O–H groups in total. The van der Waals surface area contributed by atoms with Crippen LogP contribution in [-0.2, 0) is 4.74 Å². The summed E-state index contributed by atoms with van der Waals surface area (Å²) in [4.78, 5) is 10.1. The molecule has 0 bridgehead atoms. The topological polar surface area (TPSA) is 125 Å². The van der Waals surface area contributed by atoms with Crippen LogP contribution in [-0.4, -0.2) is 50.9 Å². The molecule has 1 fully saturated rings. The Kier molecular flexibility index (Phi) is 4.19. The van der Waals surface area contributed by atoms with Crippen molar-refractivity contribution >= 4 is 11.4 Å². The summed E-state index contributed by atoms with van der Waals surface area (Å²) in [6.07, 6.45) is -5.53. The first-order chi connectivity index (χ1) is 9.40. The van der Waals surface area contributed by atoms with Crippen molar-refractivity contribution in [2.75, 3.05) is 5.32 Å². The van der Waals surface area contributed by atoms with E-state index >= 15 is 0 Å². The highest BCUT2D eigenvalue weighted by Crippen LogP contribution is 2.24. The van der Waals surface area contributed by atoms with Gasteiger partial charge in [0.05, 0.1) is 11.0 Å². The van der Waals surface area contributed by atoms with Gasteiger partial charge in [0.1, 0.15) is 18.3 Å². The molecule has 1 heterocycles. The van der Waals surface area contributed by atoms with Crippen LogP contribution in [0.2, 0.25) is 0 Å². The van der Waals surface area contributed by atoms with Gasteiger partial charge in [-0.15, -0.1) is 0 Å². The van der Waals surface area contributed by atoms with E-state index in [-0.39, 0.29) is 5.69 Å². The number of nitro groups is 1. The van der Waals surface area contributed by atoms with E-state index in [1.54, 1.807) is 13.0 Å². The summed E-state index contributed by atoms with van der Waals surface area (Å²) in [5, 5.41) is 42.5. The minimum atomic E-state index is -1.35. The summed E-state index contributed by atoms with van der Waals surface area (Å²) < 4.78 is 5.34. The Morgan fingerprint density at radius 2 is 1.95 bits per heavy atom. The molecule has 0 spiro atoms. The first-order valence-electron chi connectivity index (χ1n) is 6.11. The van der Waals surface area contributed by atoms with Crippen LogP contribution in [0.5, 0.6) is 0 Å². The molecule has 1 aliphatic rings. The van der Waals surface area contributed by atoms with Crippen LogP contribution in [0.25, 0.3) is 0 Å². The molecule has 2 rings (SSSR count). The second-order valence-corrected chi connectivity index (χ2v) is 4.69. The molecule has 1 saturated heterocycles. The number of aliphatic hydroxyl groups is 3. The minimum Gasteiger partial charge on any atom is -0.388 e. The van der Waals surface area contributed by atoms with E-state index in [2.05, 4.69) is 5.32 Å². The molecule has 8 nitrogen and oxygen atoms in total. The van der Waals surface area contributed by atoms with Gasteiger partial charge in [0, 0.05) is 17.8 Å². The lowest BCUT2D eigenvalue weighted by atomic mass is 9.99. The van der Waals surface area contributed by atoms with E-state index in [0.717, 1.165) is 0 Å². The van der Waals surface area contributed by atoms with Crippen LogP contribution in [0.4, 0.5) is 11.4 Å². The Bertz CT molecular complexity index is 497. The zero-order valence-electron chi connectivity index (χ0n) is 10.7. The number of aliphatic hydroxyl groups excluding tert-OH is 3. The Morgan fingerprint density at radius 3 is 2.60 bits per heavy atom. The fourth-order valence-corrected chi connectivity index (χ4v) is 2.04. The van der Waals surface area contributed by atoms with Crippen LogP contribution in [0.1, 0.15) is 6.92 Å². The lowest BCUT2D eigenvalue weighted by Crippen LogP contribution is -2.58. The smallest absolute Gasteiger partial charge is 0.271 e. The lowest BCUT2D eigenvalue weighted by molar-refractivity contribution is -0.384. The standard InChI is InChI=1S/C12H16N2O6/c1-6-9(15)10(16)11(17)12(20-6)13-7-3-2-4-8(5-7)14(18)19/h2-6,9-13,15-17H,1H3. The lowest BCUT2D eigenvalue weighted by Gasteiger charge is -2.39. The normalized spacial score (nSPS) is 33.7. The van der Waals surface area contributed by atoms with Crippen LogP contribution in [0.15, 0.2) is 24.3 Å². The molecule has 5 unspecified atom stereocenters. The average Bonchev–Trinajstić information content (AvgIpc) is 2.42. The van der Waals surface area contributed by atoms with Gasteiger partial charge >= 0.3 is 0 Å². The van der Waals surface area contributed by atoms with Gasteiger partial charge in [-0.3, -0.25) is 10.1 Å². The highest BCUT2D eigenvalue weighted by Gasteiger charge is 2.41. The van der Waals surface area contributed by atoms with Crippen molar-refractivity contribution < 1.29 is 25.0 Å². The van der Waals surface area contributed by atoms with Gasteiger partial charge in [0.25, 0.3) is 5.69 Å². The quantitative estimate of drug-likeness (QED) is 0.448. The molecule has 1 aromatic rings. The Balaban J connectivity index is 2.13. The van der Waals surface area contributed by atoms with Gasteiger partial charge in [-0.25, -0.2) is 0 Å². The Morgan fingerprint density at radius 1 is 1.25 bits per heavy atom. The van der Waals surface area contributed by atoms with Crippen molar-refractivity contribution in [3.63, 3.8) is 0 Å². The number of nitrogens with one attached hydrogen (secondary N) is 1. The maximum absolute atomic E-state index is 10.7. The molecule has 1 aromatic carbocycles. The minimum absolute atomic E-state index is 0.103. The fraction of sp³-hybridized carbons (Fsp3) is 0.500. The maximum atomic E-state index is 10.7. The predicted octanol–water partition coefficient (Wildman–Crippen LogP) is -0.166. The molecule has 110 valence electrons. The number of non-ortho nitro benzene ring substituents is 1. The van der Waals surface area contributed by atoms with E-state index in [4.69, 9.17) is 4.74 Å². The summed E-state index contributed by atoms with van der Waals surface area (Å²) in [5.41, 5.74) is 0.271. The number of rotatable bonds is 3. The molecule has 1 aliphatic heterocycles.